The normalized spacial score (nSPS) is 11.7. The highest BCUT2D eigenvalue weighted by Gasteiger charge is 2.34. The van der Waals surface area contributed by atoms with Gasteiger partial charge in [-0.2, -0.15) is 13.2 Å². The van der Waals surface area contributed by atoms with Gasteiger partial charge in [0.15, 0.2) is 0 Å². The Morgan fingerprint density at radius 2 is 1.81 bits per heavy atom. The summed E-state index contributed by atoms with van der Waals surface area (Å²) < 4.78 is 46.0. The lowest BCUT2D eigenvalue weighted by Gasteiger charge is -2.15. The van der Waals surface area contributed by atoms with Gasteiger partial charge in [0.05, 0.1) is 23.9 Å². The van der Waals surface area contributed by atoms with Crippen LogP contribution in [-0.4, -0.2) is 11.8 Å². The number of anilines is 2. The van der Waals surface area contributed by atoms with Crippen LogP contribution < -0.4 is 10.6 Å². The van der Waals surface area contributed by atoms with Crippen molar-refractivity contribution in [3.63, 3.8) is 0 Å². The molecule has 0 saturated heterocycles. The van der Waals surface area contributed by atoms with E-state index in [0.717, 1.165) is 28.6 Å². The summed E-state index contributed by atoms with van der Waals surface area (Å²) in [4.78, 5) is 23.7. The summed E-state index contributed by atoms with van der Waals surface area (Å²) in [5.74, 6) is -0.822. The van der Waals surface area contributed by atoms with E-state index in [2.05, 4.69) is 24.5 Å². The first-order valence-corrected chi connectivity index (χ1v) is 9.75. The molecule has 0 bridgehead atoms. The average molecular weight is 432 g/mol. The number of halogens is 3. The van der Waals surface area contributed by atoms with E-state index in [4.69, 9.17) is 4.42 Å². The van der Waals surface area contributed by atoms with E-state index in [0.29, 0.717) is 11.1 Å². The zero-order chi connectivity index (χ0) is 22.9. The van der Waals surface area contributed by atoms with Crippen molar-refractivity contribution in [2.75, 3.05) is 10.6 Å². The second-order valence-corrected chi connectivity index (χ2v) is 7.78. The fourth-order valence-electron chi connectivity index (χ4n) is 3.54. The molecule has 0 spiro atoms. The summed E-state index contributed by atoms with van der Waals surface area (Å²) in [6, 6.07) is 7.08. The quantitative estimate of drug-likeness (QED) is 0.518. The van der Waals surface area contributed by atoms with E-state index in [1.54, 1.807) is 0 Å². The lowest BCUT2D eigenvalue weighted by Crippen LogP contribution is -2.18. The Labute approximate surface area is 177 Å². The van der Waals surface area contributed by atoms with Gasteiger partial charge in [-0.25, -0.2) is 0 Å². The number of amides is 2. The molecule has 0 unspecified atom stereocenters. The summed E-state index contributed by atoms with van der Waals surface area (Å²) in [6.07, 6.45) is -3.39. The van der Waals surface area contributed by atoms with E-state index >= 15 is 0 Å². The number of aryl methyl sites for hydroxylation is 1. The Morgan fingerprint density at radius 1 is 1.10 bits per heavy atom. The van der Waals surface area contributed by atoms with Crippen LogP contribution in [0.2, 0.25) is 0 Å². The van der Waals surface area contributed by atoms with Crippen LogP contribution in [0.1, 0.15) is 48.9 Å². The third-order valence-electron chi connectivity index (χ3n) is 4.93. The molecule has 0 saturated carbocycles. The SMILES string of the molecule is CC(=O)Nc1ccc(NC(=O)Cc2coc3cc(C)c(C(C)C)cc23)c(C(F)(F)F)c1. The fourth-order valence-corrected chi connectivity index (χ4v) is 3.54. The van der Waals surface area contributed by atoms with E-state index in [-0.39, 0.29) is 23.7 Å². The number of benzene rings is 2. The van der Waals surface area contributed by atoms with Gasteiger partial charge in [-0.05, 0) is 54.3 Å². The largest absolute Gasteiger partial charge is 0.464 e. The number of nitrogens with one attached hydrogen (secondary N) is 2. The summed E-state index contributed by atoms with van der Waals surface area (Å²) in [6.45, 7) is 7.30. The van der Waals surface area contributed by atoms with Gasteiger partial charge < -0.3 is 15.1 Å². The van der Waals surface area contributed by atoms with Crippen molar-refractivity contribution in [2.24, 2.45) is 0 Å². The fraction of sp³-hybridized carbons (Fsp3) is 0.304. The molecular weight excluding hydrogens is 409 g/mol. The summed E-state index contributed by atoms with van der Waals surface area (Å²) in [5.41, 5.74) is 1.98. The van der Waals surface area contributed by atoms with Crippen LogP contribution in [0.5, 0.6) is 0 Å². The zero-order valence-corrected chi connectivity index (χ0v) is 17.6. The molecule has 2 amide bonds. The molecule has 3 aromatic rings. The van der Waals surface area contributed by atoms with Gasteiger partial charge >= 0.3 is 6.18 Å². The highest BCUT2D eigenvalue weighted by atomic mass is 19.4. The van der Waals surface area contributed by atoms with Gasteiger partial charge in [0.25, 0.3) is 0 Å². The molecule has 0 aliphatic carbocycles. The number of rotatable bonds is 5. The maximum atomic E-state index is 13.5. The van der Waals surface area contributed by atoms with E-state index in [1.807, 2.05) is 19.1 Å². The third-order valence-corrected chi connectivity index (χ3v) is 4.93. The van der Waals surface area contributed by atoms with Crippen molar-refractivity contribution in [1.29, 1.82) is 0 Å². The minimum atomic E-state index is -4.71. The Hall–Kier alpha value is -3.29. The van der Waals surface area contributed by atoms with Crippen LogP contribution in [0.4, 0.5) is 24.5 Å². The molecule has 0 fully saturated rings. The van der Waals surface area contributed by atoms with Gasteiger partial charge in [0, 0.05) is 23.6 Å². The maximum Gasteiger partial charge on any atom is 0.418 e. The lowest BCUT2D eigenvalue weighted by molar-refractivity contribution is -0.137. The minimum Gasteiger partial charge on any atom is -0.464 e. The number of hydrogen-bond donors (Lipinski definition) is 2. The van der Waals surface area contributed by atoms with Gasteiger partial charge in [0.1, 0.15) is 5.58 Å². The first-order chi connectivity index (χ1) is 14.5. The molecule has 0 radical (unpaired) electrons. The van der Waals surface area contributed by atoms with Crippen LogP contribution in [0.15, 0.2) is 41.0 Å². The van der Waals surface area contributed by atoms with Crippen molar-refractivity contribution >= 4 is 34.2 Å². The molecule has 31 heavy (non-hydrogen) atoms. The predicted molar refractivity (Wildman–Crippen MR) is 113 cm³/mol. The Balaban J connectivity index is 1.87. The summed E-state index contributed by atoms with van der Waals surface area (Å²) in [5, 5.41) is 5.41. The molecular formula is C23H23F3N2O3. The number of fused-ring (bicyclic) bond motifs is 1. The Kier molecular flexibility index (Phi) is 6.10. The third kappa shape index (κ3) is 5.07. The standard InChI is InChI=1S/C23H23F3N2O3/c1-12(2)17-10-18-15(11-31-21(18)7-13(17)3)8-22(30)28-20-6-5-16(27-14(4)29)9-19(20)23(24,25)26/h5-7,9-12H,8H2,1-4H3,(H,27,29)(H,28,30). The maximum absolute atomic E-state index is 13.5. The van der Waals surface area contributed by atoms with Crippen molar-refractivity contribution in [3.05, 3.63) is 58.8 Å². The van der Waals surface area contributed by atoms with Crippen molar-refractivity contribution in [2.45, 2.75) is 46.2 Å². The van der Waals surface area contributed by atoms with E-state index < -0.39 is 23.6 Å². The summed E-state index contributed by atoms with van der Waals surface area (Å²) in [7, 11) is 0. The van der Waals surface area contributed by atoms with Crippen molar-refractivity contribution in [1.82, 2.24) is 0 Å². The monoisotopic (exact) mass is 432 g/mol. The minimum absolute atomic E-state index is 0.00441. The van der Waals surface area contributed by atoms with Crippen LogP contribution in [0.3, 0.4) is 0 Å². The van der Waals surface area contributed by atoms with E-state index in [9.17, 15) is 22.8 Å². The zero-order valence-electron chi connectivity index (χ0n) is 17.6. The molecule has 164 valence electrons. The van der Waals surface area contributed by atoms with Gasteiger partial charge in [-0.3, -0.25) is 9.59 Å². The predicted octanol–water partition coefficient (Wildman–Crippen LogP) is 6.02. The average Bonchev–Trinajstić information content (AvgIpc) is 3.02. The van der Waals surface area contributed by atoms with Crippen LogP contribution >= 0.6 is 0 Å². The first kappa shape index (κ1) is 22.4. The van der Waals surface area contributed by atoms with Gasteiger partial charge in [-0.15, -0.1) is 0 Å². The van der Waals surface area contributed by atoms with Crippen LogP contribution in [0, 0.1) is 6.92 Å². The molecule has 2 aromatic carbocycles. The second kappa shape index (κ2) is 8.45. The number of furan rings is 1. The summed E-state index contributed by atoms with van der Waals surface area (Å²) >= 11 is 0. The highest BCUT2D eigenvalue weighted by Crippen LogP contribution is 2.37. The van der Waals surface area contributed by atoms with Crippen LogP contribution in [0.25, 0.3) is 11.0 Å². The molecule has 2 N–H and O–H groups in total. The molecule has 1 heterocycles. The molecule has 0 aliphatic rings. The lowest BCUT2D eigenvalue weighted by atomic mass is 9.95. The highest BCUT2D eigenvalue weighted by molar-refractivity contribution is 5.97. The second-order valence-electron chi connectivity index (χ2n) is 7.78. The van der Waals surface area contributed by atoms with Crippen molar-refractivity contribution in [3.8, 4) is 0 Å². The van der Waals surface area contributed by atoms with E-state index in [1.165, 1.54) is 19.3 Å². The molecule has 8 heteroatoms. The Bertz CT molecular complexity index is 1150. The molecule has 0 aliphatic heterocycles. The topological polar surface area (TPSA) is 71.3 Å². The van der Waals surface area contributed by atoms with Crippen LogP contribution in [-0.2, 0) is 22.2 Å². The molecule has 0 atom stereocenters. The van der Waals surface area contributed by atoms with Crippen molar-refractivity contribution < 1.29 is 27.2 Å². The number of carbonyl (C=O) groups is 2. The molecule has 5 nitrogen and oxygen atoms in total. The molecule has 3 rings (SSSR count). The first-order valence-electron chi connectivity index (χ1n) is 9.75. The number of alkyl halides is 3. The molecule has 1 aromatic heterocycles. The number of carbonyl (C=O) groups excluding carboxylic acids is 2. The Morgan fingerprint density at radius 3 is 2.42 bits per heavy atom. The van der Waals surface area contributed by atoms with Gasteiger partial charge in [0.2, 0.25) is 11.8 Å². The van der Waals surface area contributed by atoms with Gasteiger partial charge in [-0.1, -0.05) is 13.8 Å². The number of hydrogen-bond acceptors (Lipinski definition) is 3. The smallest absolute Gasteiger partial charge is 0.418 e.